The normalized spacial score (nSPS) is 13.9. The number of aliphatic carboxylic acids is 2. The monoisotopic (exact) mass is 1380 g/mol. The van der Waals surface area contributed by atoms with E-state index in [1.165, 1.54) is 30.5 Å². The Morgan fingerprint density at radius 2 is 0.939 bits per heavy atom. The Bertz CT molecular complexity index is 4220. The van der Waals surface area contributed by atoms with Gasteiger partial charge in [0.05, 0.1) is 24.4 Å². The second kappa shape index (κ2) is 36.8. The van der Waals surface area contributed by atoms with Gasteiger partial charge in [-0.1, -0.05) is 153 Å². The summed E-state index contributed by atoms with van der Waals surface area (Å²) in [4.78, 5) is 55.6. The van der Waals surface area contributed by atoms with E-state index in [1.54, 1.807) is 24.8 Å². The van der Waals surface area contributed by atoms with Crippen molar-refractivity contribution >= 4 is 89.5 Å². The van der Waals surface area contributed by atoms with Crippen LogP contribution in [0.4, 0.5) is 0 Å². The largest absolute Gasteiger partial charge is 0.495 e. The number of rotatable bonds is 18. The number of aryl methyl sites for hydroxylation is 3. The zero-order valence-electron chi connectivity index (χ0n) is 57.2. The Labute approximate surface area is 586 Å². The number of benzene rings is 6. The number of aliphatic hydroxyl groups is 2. The molecule has 17 heteroatoms. The van der Waals surface area contributed by atoms with Crippen molar-refractivity contribution in [2.75, 3.05) is 13.2 Å². The smallest absolute Gasteiger partial charge is 0.480 e. The number of carboxylic acid groups (broad SMARTS) is 2. The number of hydrogen-bond donors (Lipinski definition) is 6. The fourth-order valence-electron chi connectivity index (χ4n) is 9.66. The van der Waals surface area contributed by atoms with Crippen molar-refractivity contribution in [3.8, 4) is 22.3 Å². The van der Waals surface area contributed by atoms with Crippen LogP contribution < -0.4 is 16.5 Å². The van der Waals surface area contributed by atoms with Crippen LogP contribution in [0.3, 0.4) is 0 Å². The number of aliphatic hydroxyl groups excluding tert-OH is 2. The highest BCUT2D eigenvalue weighted by atomic mass is 79.9. The maximum Gasteiger partial charge on any atom is 0.495 e. The second-order valence-electron chi connectivity index (χ2n) is 25.0. The molecule has 0 bridgehead atoms. The van der Waals surface area contributed by atoms with E-state index in [1.807, 2.05) is 124 Å². The van der Waals surface area contributed by atoms with Gasteiger partial charge in [0.1, 0.15) is 23.7 Å². The molecule has 0 unspecified atom stereocenters. The van der Waals surface area contributed by atoms with Crippen molar-refractivity contribution in [3.63, 3.8) is 0 Å². The minimum absolute atomic E-state index is 0. The molecule has 1 aliphatic rings. The average molecular weight is 1390 g/mol. The minimum atomic E-state index is -1.49. The highest BCUT2D eigenvalue weighted by Crippen LogP contribution is 2.37. The molecule has 4 heterocycles. The van der Waals surface area contributed by atoms with E-state index >= 15 is 0 Å². The minimum Gasteiger partial charge on any atom is -0.480 e. The number of carboxylic acids is 2. The first kappa shape index (κ1) is 79.3. The molecule has 10 rings (SSSR count). The Morgan fingerprint density at radius 1 is 0.531 bits per heavy atom. The van der Waals surface area contributed by atoms with E-state index < -0.39 is 36.2 Å². The van der Waals surface area contributed by atoms with Gasteiger partial charge in [0.25, 0.3) is 0 Å². The fourth-order valence-corrected chi connectivity index (χ4v) is 9.93. The van der Waals surface area contributed by atoms with Gasteiger partial charge >= 0.3 is 19.1 Å². The Kier molecular flexibility index (Phi) is 29.8. The lowest BCUT2D eigenvalue weighted by atomic mass is 9.75. The van der Waals surface area contributed by atoms with E-state index in [2.05, 4.69) is 176 Å². The number of carbonyl (C=O) groups is 4. The van der Waals surface area contributed by atoms with E-state index in [9.17, 15) is 29.4 Å². The molecule has 7 N–H and O–H groups in total. The van der Waals surface area contributed by atoms with Crippen LogP contribution in [0.2, 0.25) is 0 Å². The standard InChI is InChI=1S/C26H28N2O3.C23H27BO3.C22H19NO.C5H4BrN.C4H9NO3.CH4/c1-18-9-10-20(15-28-26(3,17-29)25(30)31)14-22(18)12-11-21-6-4-8-24(19(21)2)23-7-5-13-27-16-23;1-16-10-11-18(15-25)14-20(16)13-12-19-8-7-9-21(17(19)2)24-26-22(3,4)23(5,6)27-24;1-16-8-9-18(15-24)13-20(16)11-10-19-5-3-7-22(17(19)2)21-6-4-12-23-14-21;6-5-2-1-3-7-4-5;1-4(5,2-6)3(7)8;/h4-14,16,28-29H,15,17H2,1-3H3,(H,30,31);7-15H,1-6H3;3-15H,1-2H3;1-4H;6H,2,5H2,1H3,(H,7,8);1H4/b12-11+;13-12+;11-10+;;;/t26-;;;;4-;/m0...0./s1. The predicted molar refractivity (Wildman–Crippen MR) is 403 cm³/mol. The first-order valence-electron chi connectivity index (χ1n) is 31.6. The molecular weight excluding hydrogens is 1290 g/mol. The third-order valence-corrected chi connectivity index (χ3v) is 17.6. The lowest BCUT2D eigenvalue weighted by Gasteiger charge is -2.32. The topological polar surface area (TPSA) is 244 Å². The number of nitrogens with two attached hydrogens (primary N) is 1. The summed E-state index contributed by atoms with van der Waals surface area (Å²) >= 11 is 3.25. The summed E-state index contributed by atoms with van der Waals surface area (Å²) in [6, 6.07) is 48.0. The van der Waals surface area contributed by atoms with Gasteiger partial charge < -0.3 is 35.5 Å². The molecule has 0 saturated carbocycles. The fraction of sp³-hybridized carbons (Fsp3) is 0.247. The average Bonchev–Trinajstić information content (AvgIpc) is 1.61. The van der Waals surface area contributed by atoms with Crippen LogP contribution in [0.25, 0.3) is 58.7 Å². The van der Waals surface area contributed by atoms with Gasteiger partial charge in [-0.2, -0.15) is 0 Å². The zero-order chi connectivity index (χ0) is 71.1. The molecule has 0 spiro atoms. The summed E-state index contributed by atoms with van der Waals surface area (Å²) in [6.07, 6.45) is 25.0. The molecule has 15 nitrogen and oxygen atoms in total. The molecule has 2 atom stereocenters. The molecule has 9 aromatic rings. The van der Waals surface area contributed by atoms with Crippen molar-refractivity contribution in [2.45, 2.75) is 119 Å². The van der Waals surface area contributed by atoms with Gasteiger partial charge in [-0.3, -0.25) is 39.4 Å². The van der Waals surface area contributed by atoms with Crippen molar-refractivity contribution < 1.29 is 48.9 Å². The van der Waals surface area contributed by atoms with E-state index in [0.29, 0.717) is 17.7 Å². The molecule has 0 aliphatic carbocycles. The number of aldehydes is 2. The molecular formula is C81H91BBrN5O10. The van der Waals surface area contributed by atoms with Gasteiger partial charge in [0.2, 0.25) is 0 Å². The number of aromatic nitrogens is 3. The van der Waals surface area contributed by atoms with Crippen LogP contribution in [0.5, 0.6) is 0 Å². The van der Waals surface area contributed by atoms with Gasteiger partial charge in [-0.15, -0.1) is 0 Å². The third-order valence-electron chi connectivity index (χ3n) is 17.1. The first-order chi connectivity index (χ1) is 46.1. The van der Waals surface area contributed by atoms with Crippen LogP contribution >= 0.6 is 15.9 Å². The molecule has 0 amide bonds. The Hall–Kier alpha value is -9.43. The Balaban J connectivity index is 0.000000239. The molecule has 0 radical (unpaired) electrons. The van der Waals surface area contributed by atoms with E-state index in [4.69, 9.17) is 25.3 Å². The summed E-state index contributed by atoms with van der Waals surface area (Å²) in [5.74, 6) is -2.27. The number of halogens is 1. The molecule has 1 fully saturated rings. The van der Waals surface area contributed by atoms with Crippen LogP contribution in [-0.2, 0) is 25.4 Å². The van der Waals surface area contributed by atoms with Gasteiger partial charge in [0.15, 0.2) is 0 Å². The number of hydrogen-bond acceptors (Lipinski definition) is 13. The number of carbonyl (C=O) groups excluding carboxylic acids is 2. The summed E-state index contributed by atoms with van der Waals surface area (Å²) < 4.78 is 13.4. The predicted octanol–water partition coefficient (Wildman–Crippen LogP) is 15.7. The van der Waals surface area contributed by atoms with Crippen LogP contribution in [0.15, 0.2) is 187 Å². The van der Waals surface area contributed by atoms with Crippen molar-refractivity contribution in [2.24, 2.45) is 5.73 Å². The van der Waals surface area contributed by atoms with Gasteiger partial charge in [0, 0.05) is 70.5 Å². The number of nitrogens with one attached hydrogen (secondary N) is 1. The highest BCUT2D eigenvalue weighted by molar-refractivity contribution is 9.10. The zero-order valence-corrected chi connectivity index (χ0v) is 58.8. The van der Waals surface area contributed by atoms with Gasteiger partial charge in [-0.25, -0.2) is 0 Å². The first-order valence-corrected chi connectivity index (χ1v) is 32.3. The van der Waals surface area contributed by atoms with Crippen molar-refractivity contribution in [1.29, 1.82) is 0 Å². The van der Waals surface area contributed by atoms with Crippen molar-refractivity contribution in [3.05, 3.63) is 271 Å². The Morgan fingerprint density at radius 3 is 1.30 bits per heavy atom. The SMILES string of the molecule is Brc1cccnc1.C.C[C@](N)(CO)C(=O)O.Cc1ccc(C=O)cc1/C=C/c1cccc(-c2cccnc2)c1C.Cc1ccc(C=O)cc1/C=C/c1cccc(B2OC(C)(C)C(C)(C)O2)c1C.Cc1ccc(CN[C@@](C)(CO)C(=O)O)cc1/C=C/c1cccc(-c2cccnc2)c1C. The summed E-state index contributed by atoms with van der Waals surface area (Å²) in [5.41, 5.74) is 22.9. The quantitative estimate of drug-likeness (QED) is 0.0266. The lowest BCUT2D eigenvalue weighted by molar-refractivity contribution is -0.146. The number of nitrogens with zero attached hydrogens (tertiary/aromatic N) is 3. The highest BCUT2D eigenvalue weighted by Gasteiger charge is 2.52. The second-order valence-corrected chi connectivity index (χ2v) is 25.9. The van der Waals surface area contributed by atoms with Crippen LogP contribution in [0.1, 0.15) is 142 Å². The molecule has 1 saturated heterocycles. The molecule has 3 aromatic heterocycles. The van der Waals surface area contributed by atoms with Crippen LogP contribution in [-0.4, -0.2) is 103 Å². The number of pyridine rings is 3. The summed E-state index contributed by atoms with van der Waals surface area (Å²) in [5, 5.41) is 38.1. The third kappa shape index (κ3) is 22.0. The summed E-state index contributed by atoms with van der Waals surface area (Å²) in [6.45, 7) is 22.8. The van der Waals surface area contributed by atoms with Crippen molar-refractivity contribution in [1.82, 2.24) is 20.3 Å². The summed E-state index contributed by atoms with van der Waals surface area (Å²) in [7, 11) is -0.372. The lowest BCUT2D eigenvalue weighted by Crippen LogP contribution is -2.52. The maximum absolute atomic E-state index is 11.4. The van der Waals surface area contributed by atoms with Gasteiger partial charge in [-0.05, 0) is 224 Å². The molecule has 6 aromatic carbocycles. The van der Waals surface area contributed by atoms with E-state index in [-0.39, 0.29) is 25.7 Å². The molecule has 510 valence electrons. The maximum atomic E-state index is 11.4. The van der Waals surface area contributed by atoms with E-state index in [0.717, 1.165) is 100 Å². The van der Waals surface area contributed by atoms with Crippen LogP contribution in [0, 0.1) is 41.5 Å². The molecule has 98 heavy (non-hydrogen) atoms. The molecule has 1 aliphatic heterocycles.